The van der Waals surface area contributed by atoms with E-state index in [1.54, 1.807) is 14.0 Å². The molecule has 0 aliphatic carbocycles. The van der Waals surface area contributed by atoms with Crippen LogP contribution in [-0.4, -0.2) is 27.9 Å². The van der Waals surface area contributed by atoms with Crippen LogP contribution in [0.4, 0.5) is 0 Å². The second kappa shape index (κ2) is 6.24. The smallest absolute Gasteiger partial charge is 0.333 e. The summed E-state index contributed by atoms with van der Waals surface area (Å²) in [4.78, 5) is 26.4. The number of ether oxygens (including phenoxy) is 1. The van der Waals surface area contributed by atoms with Gasteiger partial charge in [-0.05, 0) is 6.92 Å². The van der Waals surface area contributed by atoms with Crippen molar-refractivity contribution in [3.8, 4) is 0 Å². The first-order chi connectivity index (χ1) is 8.02. The number of nitrogens with zero attached hydrogens (tertiary/aromatic N) is 2. The van der Waals surface area contributed by atoms with Gasteiger partial charge in [0, 0.05) is 30.6 Å². The van der Waals surface area contributed by atoms with Crippen LogP contribution in [0.1, 0.15) is 6.92 Å². The Labute approximate surface area is 104 Å². The summed E-state index contributed by atoms with van der Waals surface area (Å²) in [6, 6.07) is 1.39. The van der Waals surface area contributed by atoms with Gasteiger partial charge in [-0.3, -0.25) is 9.36 Å². The second-order valence-electron chi connectivity index (χ2n) is 3.39. The average molecular weight is 254 g/mol. The van der Waals surface area contributed by atoms with Gasteiger partial charge >= 0.3 is 5.97 Å². The van der Waals surface area contributed by atoms with E-state index >= 15 is 0 Å². The number of esters is 1. The Kier molecular flexibility index (Phi) is 4.96. The van der Waals surface area contributed by atoms with E-state index in [1.165, 1.54) is 28.6 Å². The maximum Gasteiger partial charge on any atom is 0.333 e. The van der Waals surface area contributed by atoms with Crippen molar-refractivity contribution in [3.05, 3.63) is 34.8 Å². The zero-order valence-corrected chi connectivity index (χ0v) is 10.6. The molecule has 0 radical (unpaired) electrons. The van der Waals surface area contributed by atoms with Crippen molar-refractivity contribution >= 4 is 17.7 Å². The molecule has 92 valence electrons. The van der Waals surface area contributed by atoms with E-state index in [0.717, 1.165) is 0 Å². The summed E-state index contributed by atoms with van der Waals surface area (Å²) in [6.45, 7) is 5.34. The normalized spacial score (nSPS) is 10.0. The van der Waals surface area contributed by atoms with Crippen molar-refractivity contribution in [2.75, 3.05) is 12.4 Å². The highest BCUT2D eigenvalue weighted by Gasteiger charge is 2.04. The molecule has 5 nitrogen and oxygen atoms in total. The Morgan fingerprint density at radius 1 is 1.65 bits per heavy atom. The SMILES string of the molecule is C=C(C)C(=O)OCCSc1nccc(=O)n1C. The minimum atomic E-state index is -0.402. The van der Waals surface area contributed by atoms with Crippen LogP contribution < -0.4 is 5.56 Å². The maximum atomic E-state index is 11.3. The molecule has 0 bridgehead atoms. The molecule has 1 aromatic heterocycles. The molecule has 0 aliphatic heterocycles. The van der Waals surface area contributed by atoms with E-state index in [1.807, 2.05) is 0 Å². The van der Waals surface area contributed by atoms with Gasteiger partial charge in [-0.2, -0.15) is 0 Å². The van der Waals surface area contributed by atoms with Crippen LogP contribution in [0.3, 0.4) is 0 Å². The molecular weight excluding hydrogens is 240 g/mol. The van der Waals surface area contributed by atoms with E-state index in [-0.39, 0.29) is 12.2 Å². The summed E-state index contributed by atoms with van der Waals surface area (Å²) in [5, 5.41) is 0.601. The van der Waals surface area contributed by atoms with Crippen LogP contribution in [0.2, 0.25) is 0 Å². The highest BCUT2D eigenvalue weighted by Crippen LogP contribution is 2.11. The highest BCUT2D eigenvalue weighted by atomic mass is 32.2. The minimum absolute atomic E-state index is 0.110. The molecule has 0 aliphatic rings. The van der Waals surface area contributed by atoms with Gasteiger partial charge in [-0.1, -0.05) is 18.3 Å². The number of carbonyl (C=O) groups is 1. The van der Waals surface area contributed by atoms with Crippen LogP contribution in [0, 0.1) is 0 Å². The second-order valence-corrected chi connectivity index (χ2v) is 4.45. The fourth-order valence-electron chi connectivity index (χ4n) is 0.982. The lowest BCUT2D eigenvalue weighted by molar-refractivity contribution is -0.138. The van der Waals surface area contributed by atoms with Gasteiger partial charge in [0.2, 0.25) is 0 Å². The molecule has 0 atom stereocenters. The van der Waals surface area contributed by atoms with E-state index < -0.39 is 5.97 Å². The molecule has 17 heavy (non-hydrogen) atoms. The fraction of sp³-hybridized carbons (Fsp3) is 0.364. The molecular formula is C11H14N2O3S. The van der Waals surface area contributed by atoms with Gasteiger partial charge in [0.25, 0.3) is 5.56 Å². The summed E-state index contributed by atoms with van der Waals surface area (Å²) >= 11 is 1.36. The van der Waals surface area contributed by atoms with E-state index in [9.17, 15) is 9.59 Å². The first kappa shape index (κ1) is 13.5. The largest absolute Gasteiger partial charge is 0.461 e. The lowest BCUT2D eigenvalue weighted by Gasteiger charge is -2.06. The number of rotatable bonds is 5. The Morgan fingerprint density at radius 3 is 3.00 bits per heavy atom. The molecule has 0 aromatic carbocycles. The third-order valence-electron chi connectivity index (χ3n) is 1.92. The molecule has 0 unspecified atom stereocenters. The quantitative estimate of drug-likeness (QED) is 0.258. The van der Waals surface area contributed by atoms with Crippen LogP contribution in [-0.2, 0) is 16.6 Å². The number of carbonyl (C=O) groups excluding carboxylic acids is 1. The Morgan fingerprint density at radius 2 is 2.35 bits per heavy atom. The average Bonchev–Trinajstić information content (AvgIpc) is 2.29. The van der Waals surface area contributed by atoms with Crippen LogP contribution in [0.5, 0.6) is 0 Å². The molecule has 0 saturated carbocycles. The summed E-state index contributed by atoms with van der Waals surface area (Å²) in [6.07, 6.45) is 1.46. The van der Waals surface area contributed by atoms with Crippen molar-refractivity contribution in [2.45, 2.75) is 12.1 Å². The summed E-state index contributed by atoms with van der Waals surface area (Å²) in [5.41, 5.74) is 0.265. The predicted molar refractivity (Wildman–Crippen MR) is 66.0 cm³/mol. The van der Waals surface area contributed by atoms with Crippen LogP contribution in [0.15, 0.2) is 34.4 Å². The number of hydrogen-bond acceptors (Lipinski definition) is 5. The van der Waals surface area contributed by atoms with Crippen LogP contribution >= 0.6 is 11.8 Å². The van der Waals surface area contributed by atoms with Crippen molar-refractivity contribution in [1.29, 1.82) is 0 Å². The van der Waals surface area contributed by atoms with Gasteiger partial charge in [0.05, 0.1) is 0 Å². The van der Waals surface area contributed by atoms with E-state index in [0.29, 0.717) is 16.5 Å². The first-order valence-electron chi connectivity index (χ1n) is 5.00. The Hall–Kier alpha value is -1.56. The third-order valence-corrected chi connectivity index (χ3v) is 2.92. The van der Waals surface area contributed by atoms with Crippen molar-refractivity contribution in [3.63, 3.8) is 0 Å². The zero-order valence-electron chi connectivity index (χ0n) is 9.80. The summed E-state index contributed by atoms with van der Waals surface area (Å²) in [7, 11) is 1.65. The predicted octanol–water partition coefficient (Wildman–Crippen LogP) is 0.992. The fourth-order valence-corrected chi connectivity index (χ4v) is 1.75. The maximum absolute atomic E-state index is 11.3. The van der Waals surface area contributed by atoms with Gasteiger partial charge < -0.3 is 4.74 Å². The Bertz CT molecular complexity index is 482. The minimum Gasteiger partial charge on any atom is -0.461 e. The lowest BCUT2D eigenvalue weighted by Crippen LogP contribution is -2.18. The number of thioether (sulfide) groups is 1. The molecule has 1 aromatic rings. The summed E-state index contributed by atoms with van der Waals surface area (Å²) < 4.78 is 6.37. The standard InChI is InChI=1S/C11H14N2O3S/c1-8(2)10(15)16-6-7-17-11-12-5-4-9(14)13(11)3/h4-5H,1,6-7H2,2-3H3. The third kappa shape index (κ3) is 4.07. The van der Waals surface area contributed by atoms with Crippen LogP contribution in [0.25, 0.3) is 0 Å². The zero-order chi connectivity index (χ0) is 12.8. The molecule has 1 rings (SSSR count). The van der Waals surface area contributed by atoms with Gasteiger partial charge in [-0.15, -0.1) is 0 Å². The number of hydrogen-bond donors (Lipinski definition) is 0. The van der Waals surface area contributed by atoms with E-state index in [4.69, 9.17) is 4.74 Å². The number of aromatic nitrogens is 2. The van der Waals surface area contributed by atoms with Crippen molar-refractivity contribution in [2.24, 2.45) is 7.05 Å². The molecule has 0 amide bonds. The molecule has 0 spiro atoms. The van der Waals surface area contributed by atoms with Crippen molar-refractivity contribution in [1.82, 2.24) is 9.55 Å². The van der Waals surface area contributed by atoms with E-state index in [2.05, 4.69) is 11.6 Å². The Balaban J connectivity index is 2.42. The van der Waals surface area contributed by atoms with Crippen molar-refractivity contribution < 1.29 is 9.53 Å². The molecule has 6 heteroatoms. The highest BCUT2D eigenvalue weighted by molar-refractivity contribution is 7.99. The summed E-state index contributed by atoms with van der Waals surface area (Å²) in [5.74, 6) is 0.143. The van der Waals surface area contributed by atoms with Gasteiger partial charge in [0.15, 0.2) is 5.16 Å². The monoisotopic (exact) mass is 254 g/mol. The topological polar surface area (TPSA) is 61.2 Å². The molecule has 0 saturated heterocycles. The van der Waals surface area contributed by atoms with Gasteiger partial charge in [0.1, 0.15) is 6.61 Å². The molecule has 0 N–H and O–H groups in total. The molecule has 1 heterocycles. The van der Waals surface area contributed by atoms with Gasteiger partial charge in [-0.25, -0.2) is 9.78 Å². The first-order valence-corrected chi connectivity index (χ1v) is 5.98. The lowest BCUT2D eigenvalue weighted by atomic mass is 10.4. The molecule has 0 fully saturated rings.